The summed E-state index contributed by atoms with van der Waals surface area (Å²) in [4.78, 5) is 11.2. The Morgan fingerprint density at radius 1 is 1.06 bits per heavy atom. The first-order valence-corrected chi connectivity index (χ1v) is 5.99. The van der Waals surface area contributed by atoms with Crippen molar-refractivity contribution in [3.8, 4) is 0 Å². The lowest BCUT2D eigenvalue weighted by atomic mass is 10.1. The second-order valence-electron chi connectivity index (χ2n) is 4.39. The third-order valence-corrected chi connectivity index (χ3v) is 3.19. The second-order valence-corrected chi connectivity index (χ2v) is 4.39. The molecule has 3 rings (SSSR count). The van der Waals surface area contributed by atoms with Gasteiger partial charge in [-0.15, -0.1) is 0 Å². The summed E-state index contributed by atoms with van der Waals surface area (Å²) in [5.41, 5.74) is 2.52. The van der Waals surface area contributed by atoms with Gasteiger partial charge in [0.1, 0.15) is 11.6 Å². The van der Waals surface area contributed by atoms with Crippen LogP contribution in [0.3, 0.4) is 0 Å². The maximum Gasteiger partial charge on any atom is 0.137 e. The predicted molar refractivity (Wildman–Crippen MR) is 68.5 cm³/mol. The molecule has 0 radical (unpaired) electrons. The topological polar surface area (TPSA) is 29.0 Å². The summed E-state index contributed by atoms with van der Waals surface area (Å²) in [5, 5.41) is 0. The van der Waals surface area contributed by atoms with Gasteiger partial charge in [-0.05, 0) is 43.0 Å². The standard InChI is InChI=1S/C14H15N3/c1-11-5-2-8-15-13(11)17-10-4-7-12-6-3-9-16-14(12)17/h2-3,5-6,8-9H,4,7,10H2,1H3. The Labute approximate surface area is 101 Å². The molecule has 0 unspecified atom stereocenters. The molecule has 86 valence electrons. The summed E-state index contributed by atoms with van der Waals surface area (Å²) in [6, 6.07) is 8.24. The molecule has 3 heterocycles. The summed E-state index contributed by atoms with van der Waals surface area (Å²) >= 11 is 0. The number of aromatic nitrogens is 2. The van der Waals surface area contributed by atoms with Crippen molar-refractivity contribution in [3.63, 3.8) is 0 Å². The first-order chi connectivity index (χ1) is 8.36. The van der Waals surface area contributed by atoms with Gasteiger partial charge >= 0.3 is 0 Å². The van der Waals surface area contributed by atoms with Crippen LogP contribution in [0.4, 0.5) is 11.6 Å². The maximum atomic E-state index is 4.50. The Kier molecular flexibility index (Phi) is 2.52. The van der Waals surface area contributed by atoms with Crippen molar-refractivity contribution in [3.05, 3.63) is 47.8 Å². The number of hydrogen-bond donors (Lipinski definition) is 0. The molecule has 0 amide bonds. The number of nitrogens with zero attached hydrogens (tertiary/aromatic N) is 3. The van der Waals surface area contributed by atoms with Gasteiger partial charge in [0.15, 0.2) is 0 Å². The van der Waals surface area contributed by atoms with Crippen LogP contribution in [-0.4, -0.2) is 16.5 Å². The van der Waals surface area contributed by atoms with Gasteiger partial charge in [-0.3, -0.25) is 0 Å². The Morgan fingerprint density at radius 3 is 2.65 bits per heavy atom. The van der Waals surface area contributed by atoms with E-state index in [1.54, 1.807) is 0 Å². The normalized spacial score (nSPS) is 14.5. The van der Waals surface area contributed by atoms with E-state index in [-0.39, 0.29) is 0 Å². The van der Waals surface area contributed by atoms with Gasteiger partial charge in [0.2, 0.25) is 0 Å². The second kappa shape index (κ2) is 4.17. The lowest BCUT2D eigenvalue weighted by Crippen LogP contribution is -2.26. The van der Waals surface area contributed by atoms with E-state index in [0.29, 0.717) is 0 Å². The van der Waals surface area contributed by atoms with Crippen molar-refractivity contribution in [2.24, 2.45) is 0 Å². The number of hydrogen-bond acceptors (Lipinski definition) is 3. The fraction of sp³-hybridized carbons (Fsp3) is 0.286. The van der Waals surface area contributed by atoms with E-state index in [1.165, 1.54) is 11.1 Å². The fourth-order valence-corrected chi connectivity index (χ4v) is 2.37. The van der Waals surface area contributed by atoms with Gasteiger partial charge in [-0.2, -0.15) is 0 Å². The van der Waals surface area contributed by atoms with E-state index in [4.69, 9.17) is 0 Å². The zero-order chi connectivity index (χ0) is 11.7. The maximum absolute atomic E-state index is 4.50. The van der Waals surface area contributed by atoms with Crippen LogP contribution in [0.2, 0.25) is 0 Å². The number of fused-ring (bicyclic) bond motifs is 1. The number of aryl methyl sites for hydroxylation is 2. The Bertz CT molecular complexity index is 536. The van der Waals surface area contributed by atoms with Crippen LogP contribution in [-0.2, 0) is 6.42 Å². The van der Waals surface area contributed by atoms with E-state index in [1.807, 2.05) is 24.5 Å². The van der Waals surface area contributed by atoms with E-state index >= 15 is 0 Å². The van der Waals surface area contributed by atoms with E-state index in [2.05, 4.69) is 33.9 Å². The minimum absolute atomic E-state index is 1.00. The molecule has 0 bridgehead atoms. The molecule has 3 nitrogen and oxygen atoms in total. The molecular formula is C14H15N3. The van der Waals surface area contributed by atoms with Gasteiger partial charge in [-0.25, -0.2) is 9.97 Å². The summed E-state index contributed by atoms with van der Waals surface area (Å²) in [5.74, 6) is 2.10. The highest BCUT2D eigenvalue weighted by molar-refractivity contribution is 5.63. The minimum atomic E-state index is 1.00. The molecule has 1 aliphatic heterocycles. The Morgan fingerprint density at radius 2 is 1.82 bits per heavy atom. The highest BCUT2D eigenvalue weighted by atomic mass is 15.2. The molecule has 3 heteroatoms. The zero-order valence-corrected chi connectivity index (χ0v) is 9.93. The molecule has 0 saturated carbocycles. The summed E-state index contributed by atoms with van der Waals surface area (Å²) < 4.78 is 0. The third kappa shape index (κ3) is 1.78. The SMILES string of the molecule is Cc1cccnc1N1CCCc2cccnc21. The minimum Gasteiger partial charge on any atom is -0.311 e. The van der Waals surface area contributed by atoms with Gasteiger partial charge in [0.05, 0.1) is 0 Å². The Balaban J connectivity index is 2.09. The van der Waals surface area contributed by atoms with Crippen LogP contribution in [0.15, 0.2) is 36.7 Å². The van der Waals surface area contributed by atoms with Crippen LogP contribution in [0.5, 0.6) is 0 Å². The van der Waals surface area contributed by atoms with Crippen LogP contribution >= 0.6 is 0 Å². The van der Waals surface area contributed by atoms with Crippen LogP contribution in [0.1, 0.15) is 17.5 Å². The van der Waals surface area contributed by atoms with Crippen LogP contribution in [0.25, 0.3) is 0 Å². The van der Waals surface area contributed by atoms with Crippen molar-refractivity contribution >= 4 is 11.6 Å². The van der Waals surface area contributed by atoms with E-state index in [0.717, 1.165) is 31.0 Å². The average molecular weight is 225 g/mol. The number of rotatable bonds is 1. The molecule has 0 atom stereocenters. The first kappa shape index (κ1) is 10.3. The molecule has 0 fully saturated rings. The molecule has 17 heavy (non-hydrogen) atoms. The van der Waals surface area contributed by atoms with Crippen molar-refractivity contribution < 1.29 is 0 Å². The molecule has 0 saturated heterocycles. The fourth-order valence-electron chi connectivity index (χ4n) is 2.37. The average Bonchev–Trinajstić information content (AvgIpc) is 2.39. The molecule has 1 aliphatic rings. The van der Waals surface area contributed by atoms with Crippen LogP contribution < -0.4 is 4.90 Å². The predicted octanol–water partition coefficient (Wildman–Crippen LogP) is 2.87. The largest absolute Gasteiger partial charge is 0.311 e. The van der Waals surface area contributed by atoms with Gasteiger partial charge in [0.25, 0.3) is 0 Å². The zero-order valence-electron chi connectivity index (χ0n) is 9.93. The quantitative estimate of drug-likeness (QED) is 0.747. The molecule has 2 aromatic heterocycles. The monoisotopic (exact) mass is 225 g/mol. The van der Waals surface area contributed by atoms with Gasteiger partial charge in [-0.1, -0.05) is 12.1 Å². The molecule has 0 aliphatic carbocycles. The van der Waals surface area contributed by atoms with Crippen molar-refractivity contribution in [2.75, 3.05) is 11.4 Å². The highest BCUT2D eigenvalue weighted by Crippen LogP contribution is 2.31. The van der Waals surface area contributed by atoms with Gasteiger partial charge in [0, 0.05) is 18.9 Å². The summed E-state index contributed by atoms with van der Waals surface area (Å²) in [6.45, 7) is 3.10. The first-order valence-electron chi connectivity index (χ1n) is 5.99. The lowest BCUT2D eigenvalue weighted by molar-refractivity contribution is 0.744. The van der Waals surface area contributed by atoms with Crippen LogP contribution in [0, 0.1) is 6.92 Å². The van der Waals surface area contributed by atoms with Crippen molar-refractivity contribution in [2.45, 2.75) is 19.8 Å². The van der Waals surface area contributed by atoms with Crippen molar-refractivity contribution in [1.29, 1.82) is 0 Å². The lowest BCUT2D eigenvalue weighted by Gasteiger charge is -2.29. The Hall–Kier alpha value is -1.90. The summed E-state index contributed by atoms with van der Waals surface area (Å²) in [6.07, 6.45) is 5.98. The molecular weight excluding hydrogens is 210 g/mol. The number of pyridine rings is 2. The molecule has 0 N–H and O–H groups in total. The van der Waals surface area contributed by atoms with E-state index in [9.17, 15) is 0 Å². The summed E-state index contributed by atoms with van der Waals surface area (Å²) in [7, 11) is 0. The van der Waals surface area contributed by atoms with Crippen molar-refractivity contribution in [1.82, 2.24) is 9.97 Å². The van der Waals surface area contributed by atoms with Gasteiger partial charge < -0.3 is 4.90 Å². The third-order valence-electron chi connectivity index (χ3n) is 3.19. The molecule has 0 aromatic carbocycles. The van der Waals surface area contributed by atoms with E-state index < -0.39 is 0 Å². The molecule has 0 spiro atoms. The molecule has 2 aromatic rings. The highest BCUT2D eigenvalue weighted by Gasteiger charge is 2.20. The number of anilines is 2. The smallest absolute Gasteiger partial charge is 0.137 e.